The number of rotatable bonds is 2. The molecule has 2 rings (SSSR count). The summed E-state index contributed by atoms with van der Waals surface area (Å²) in [6.45, 7) is 0.403. The normalized spacial score (nSPS) is 18.9. The number of methoxy groups -OCH3 is 1. The molecular formula is C12H14N2O2. The van der Waals surface area contributed by atoms with Crippen molar-refractivity contribution in [1.29, 1.82) is 5.26 Å². The van der Waals surface area contributed by atoms with Crippen molar-refractivity contribution in [2.75, 3.05) is 7.11 Å². The van der Waals surface area contributed by atoms with Crippen molar-refractivity contribution in [3.63, 3.8) is 0 Å². The maximum atomic E-state index is 9.83. The van der Waals surface area contributed by atoms with Crippen molar-refractivity contribution in [3.8, 4) is 6.07 Å². The van der Waals surface area contributed by atoms with Gasteiger partial charge in [-0.3, -0.25) is 4.98 Å². The van der Waals surface area contributed by atoms with Gasteiger partial charge in [-0.25, -0.2) is 0 Å². The van der Waals surface area contributed by atoms with Gasteiger partial charge >= 0.3 is 0 Å². The molecule has 4 heteroatoms. The zero-order valence-corrected chi connectivity index (χ0v) is 9.23. The Morgan fingerprint density at radius 2 is 2.50 bits per heavy atom. The summed E-state index contributed by atoms with van der Waals surface area (Å²) in [6.07, 6.45) is 3.59. The Morgan fingerprint density at radius 3 is 3.19 bits per heavy atom. The molecular weight excluding hydrogens is 204 g/mol. The highest BCUT2D eigenvalue weighted by molar-refractivity contribution is 5.44. The minimum Gasteiger partial charge on any atom is -0.387 e. The fourth-order valence-electron chi connectivity index (χ4n) is 2.19. The van der Waals surface area contributed by atoms with Gasteiger partial charge in [0, 0.05) is 18.9 Å². The molecule has 1 atom stereocenters. The minimum absolute atomic E-state index is 0.403. The van der Waals surface area contributed by atoms with E-state index >= 15 is 0 Å². The largest absolute Gasteiger partial charge is 0.387 e. The lowest BCUT2D eigenvalue weighted by Crippen LogP contribution is -2.15. The second-order valence-corrected chi connectivity index (χ2v) is 3.97. The van der Waals surface area contributed by atoms with Gasteiger partial charge in [0.15, 0.2) is 0 Å². The number of aliphatic hydroxyl groups excluding tert-OH is 1. The fourth-order valence-corrected chi connectivity index (χ4v) is 2.19. The van der Waals surface area contributed by atoms with E-state index in [9.17, 15) is 5.11 Å². The van der Waals surface area contributed by atoms with E-state index < -0.39 is 6.10 Å². The average Bonchev–Trinajstić information content (AvgIpc) is 2.30. The number of aromatic nitrogens is 1. The monoisotopic (exact) mass is 218 g/mol. The third-order valence-corrected chi connectivity index (χ3v) is 2.96. The Labute approximate surface area is 94.5 Å². The highest BCUT2D eigenvalue weighted by atomic mass is 16.5. The number of pyridine rings is 1. The lowest BCUT2D eigenvalue weighted by molar-refractivity contribution is 0.148. The highest BCUT2D eigenvalue weighted by Crippen LogP contribution is 2.31. The number of nitriles is 1. The van der Waals surface area contributed by atoms with Crippen LogP contribution in [0.2, 0.25) is 0 Å². The number of hydrogen-bond donors (Lipinski definition) is 1. The zero-order chi connectivity index (χ0) is 11.5. The molecule has 16 heavy (non-hydrogen) atoms. The van der Waals surface area contributed by atoms with E-state index in [-0.39, 0.29) is 0 Å². The molecule has 1 N–H and O–H groups in total. The van der Waals surface area contributed by atoms with Gasteiger partial charge in [-0.05, 0) is 24.8 Å². The van der Waals surface area contributed by atoms with Gasteiger partial charge in [0.25, 0.3) is 0 Å². The number of ether oxygens (including phenoxy) is 1. The molecule has 0 fully saturated rings. The minimum atomic E-state index is -0.493. The van der Waals surface area contributed by atoms with E-state index in [1.165, 1.54) is 6.20 Å². The Bertz CT molecular complexity index is 437. The van der Waals surface area contributed by atoms with Crippen LogP contribution in [0.5, 0.6) is 0 Å². The molecule has 4 nitrogen and oxygen atoms in total. The maximum Gasteiger partial charge on any atom is 0.101 e. The third-order valence-electron chi connectivity index (χ3n) is 2.96. The highest BCUT2D eigenvalue weighted by Gasteiger charge is 2.23. The summed E-state index contributed by atoms with van der Waals surface area (Å²) >= 11 is 0. The predicted octanol–water partition coefficient (Wildman–Crippen LogP) is 1.47. The van der Waals surface area contributed by atoms with Crippen LogP contribution in [0.15, 0.2) is 6.20 Å². The molecule has 0 amide bonds. The van der Waals surface area contributed by atoms with Crippen LogP contribution in [0.25, 0.3) is 0 Å². The van der Waals surface area contributed by atoms with Crippen molar-refractivity contribution < 1.29 is 9.84 Å². The molecule has 0 radical (unpaired) electrons. The van der Waals surface area contributed by atoms with Crippen molar-refractivity contribution in [2.45, 2.75) is 32.0 Å². The summed E-state index contributed by atoms with van der Waals surface area (Å²) in [5.74, 6) is 0. The zero-order valence-electron chi connectivity index (χ0n) is 9.23. The summed E-state index contributed by atoms with van der Waals surface area (Å²) in [4.78, 5) is 4.19. The van der Waals surface area contributed by atoms with Crippen LogP contribution < -0.4 is 0 Å². The molecule has 0 aromatic carbocycles. The molecule has 0 saturated heterocycles. The molecule has 0 saturated carbocycles. The second kappa shape index (κ2) is 4.60. The van der Waals surface area contributed by atoms with Gasteiger partial charge in [0.2, 0.25) is 0 Å². The molecule has 0 spiro atoms. The first-order chi connectivity index (χ1) is 7.77. The van der Waals surface area contributed by atoms with Crippen LogP contribution in [0.4, 0.5) is 0 Å². The van der Waals surface area contributed by atoms with Crippen LogP contribution in [0.3, 0.4) is 0 Å². The Kier molecular flexibility index (Phi) is 3.18. The van der Waals surface area contributed by atoms with Gasteiger partial charge in [0.1, 0.15) is 6.07 Å². The van der Waals surface area contributed by atoms with Crippen molar-refractivity contribution in [1.82, 2.24) is 4.98 Å². The van der Waals surface area contributed by atoms with Crippen LogP contribution in [0.1, 0.15) is 41.3 Å². The van der Waals surface area contributed by atoms with Gasteiger partial charge in [-0.2, -0.15) is 5.26 Å². The third kappa shape index (κ3) is 1.80. The fraction of sp³-hybridized carbons (Fsp3) is 0.500. The lowest BCUT2D eigenvalue weighted by atomic mass is 9.89. The molecule has 84 valence electrons. The second-order valence-electron chi connectivity index (χ2n) is 3.97. The molecule has 0 aliphatic heterocycles. The van der Waals surface area contributed by atoms with E-state index in [1.54, 1.807) is 7.11 Å². The number of fused-ring (bicyclic) bond motifs is 1. The number of aliphatic hydroxyl groups is 1. The van der Waals surface area contributed by atoms with E-state index in [0.717, 1.165) is 36.1 Å². The summed E-state index contributed by atoms with van der Waals surface area (Å²) in [7, 11) is 1.60. The molecule has 1 heterocycles. The first-order valence-corrected chi connectivity index (χ1v) is 5.35. The Morgan fingerprint density at radius 1 is 1.69 bits per heavy atom. The molecule has 1 aliphatic carbocycles. The van der Waals surface area contributed by atoms with Crippen LogP contribution >= 0.6 is 0 Å². The number of hydrogen-bond acceptors (Lipinski definition) is 4. The topological polar surface area (TPSA) is 66.1 Å². The molecule has 1 aliphatic rings. The van der Waals surface area contributed by atoms with Crippen LogP contribution in [0, 0.1) is 11.3 Å². The summed E-state index contributed by atoms with van der Waals surface area (Å²) in [6, 6.07) is 2.12. The summed E-state index contributed by atoms with van der Waals surface area (Å²) in [5, 5.41) is 18.8. The van der Waals surface area contributed by atoms with Gasteiger partial charge < -0.3 is 9.84 Å². The summed E-state index contributed by atoms with van der Waals surface area (Å²) < 4.78 is 5.11. The van der Waals surface area contributed by atoms with E-state index in [0.29, 0.717) is 12.2 Å². The van der Waals surface area contributed by atoms with E-state index in [2.05, 4.69) is 11.1 Å². The van der Waals surface area contributed by atoms with Gasteiger partial charge in [-0.1, -0.05) is 0 Å². The number of nitrogens with zero attached hydrogens (tertiary/aromatic N) is 2. The van der Waals surface area contributed by atoms with Gasteiger partial charge in [0.05, 0.1) is 24.0 Å². The summed E-state index contributed by atoms with van der Waals surface area (Å²) in [5.41, 5.74) is 3.15. The van der Waals surface area contributed by atoms with E-state index in [1.807, 2.05) is 0 Å². The van der Waals surface area contributed by atoms with Crippen LogP contribution in [-0.2, 0) is 17.8 Å². The quantitative estimate of drug-likeness (QED) is 0.816. The molecule has 0 bridgehead atoms. The molecule has 1 aromatic rings. The smallest absolute Gasteiger partial charge is 0.101 e. The Hall–Kier alpha value is -1.44. The molecule has 1 unspecified atom stereocenters. The average molecular weight is 218 g/mol. The van der Waals surface area contributed by atoms with Crippen molar-refractivity contribution >= 4 is 0 Å². The van der Waals surface area contributed by atoms with Gasteiger partial charge in [-0.15, -0.1) is 0 Å². The molecule has 1 aromatic heterocycles. The lowest BCUT2D eigenvalue weighted by Gasteiger charge is -2.23. The predicted molar refractivity (Wildman–Crippen MR) is 57.6 cm³/mol. The standard InChI is InChI=1S/C12H14N2O2/c1-16-7-10-8(5-13)6-14-12-9(10)3-2-4-11(12)15/h6,11,15H,2-4,7H2,1H3. The van der Waals surface area contributed by atoms with Crippen molar-refractivity contribution in [3.05, 3.63) is 28.6 Å². The Balaban J connectivity index is 2.54. The maximum absolute atomic E-state index is 9.83. The first kappa shape index (κ1) is 11.1. The van der Waals surface area contributed by atoms with Crippen LogP contribution in [-0.4, -0.2) is 17.2 Å². The van der Waals surface area contributed by atoms with Crippen molar-refractivity contribution in [2.24, 2.45) is 0 Å². The van der Waals surface area contributed by atoms with E-state index in [4.69, 9.17) is 10.00 Å². The SMILES string of the molecule is COCc1c(C#N)cnc2c1CCCC2O. The first-order valence-electron chi connectivity index (χ1n) is 5.35.